The second-order valence-corrected chi connectivity index (χ2v) is 8.06. The van der Waals surface area contributed by atoms with Gasteiger partial charge in [0, 0.05) is 5.75 Å². The minimum atomic E-state index is -1.14. The van der Waals surface area contributed by atoms with Crippen molar-refractivity contribution in [2.24, 2.45) is 11.8 Å². The highest BCUT2D eigenvalue weighted by molar-refractivity contribution is 7.80. The largest absolute Gasteiger partial charge is 0.480 e. The van der Waals surface area contributed by atoms with Gasteiger partial charge in [0.25, 0.3) is 0 Å². The van der Waals surface area contributed by atoms with Crippen LogP contribution in [0.2, 0.25) is 0 Å². The number of hydrogen-bond acceptors (Lipinski definition) is 6. The average Bonchev–Trinajstić information content (AvgIpc) is 3.15. The van der Waals surface area contributed by atoms with E-state index in [2.05, 4.69) is 33.9 Å². The summed E-state index contributed by atoms with van der Waals surface area (Å²) < 4.78 is 0. The highest BCUT2D eigenvalue weighted by atomic mass is 32.1. The van der Waals surface area contributed by atoms with Crippen LogP contribution in [-0.2, 0) is 19.2 Å². The summed E-state index contributed by atoms with van der Waals surface area (Å²) in [5, 5.41) is 20.1. The van der Waals surface area contributed by atoms with Gasteiger partial charge in [0.2, 0.25) is 17.7 Å². The number of aliphatic carboxylic acids is 1. The summed E-state index contributed by atoms with van der Waals surface area (Å²) in [7, 11) is 0. The van der Waals surface area contributed by atoms with Crippen molar-refractivity contribution in [1.82, 2.24) is 21.3 Å². The van der Waals surface area contributed by atoms with Crippen LogP contribution in [0.4, 0.5) is 0 Å². The molecule has 0 spiro atoms. The first kappa shape index (κ1) is 24.2. The van der Waals surface area contributed by atoms with Gasteiger partial charge >= 0.3 is 5.97 Å². The third-order valence-electron chi connectivity index (χ3n) is 4.67. The fourth-order valence-electron chi connectivity index (χ4n) is 2.92. The first-order valence-corrected chi connectivity index (χ1v) is 10.2. The number of amides is 3. The number of thiol groups is 1. The fraction of sp³-hybridized carbons (Fsp3) is 0.778. The third kappa shape index (κ3) is 6.97. The van der Waals surface area contributed by atoms with E-state index in [9.17, 15) is 24.3 Å². The van der Waals surface area contributed by atoms with Crippen LogP contribution < -0.4 is 21.3 Å². The number of carboxylic acid groups (broad SMARTS) is 1. The second-order valence-electron chi connectivity index (χ2n) is 7.69. The number of nitrogens with one attached hydrogen (secondary N) is 4. The smallest absolute Gasteiger partial charge is 0.326 e. The Morgan fingerprint density at radius 3 is 2.00 bits per heavy atom. The molecule has 1 saturated heterocycles. The molecule has 0 saturated carbocycles. The van der Waals surface area contributed by atoms with Crippen LogP contribution in [0.5, 0.6) is 0 Å². The van der Waals surface area contributed by atoms with Gasteiger partial charge in [-0.15, -0.1) is 0 Å². The van der Waals surface area contributed by atoms with Crippen molar-refractivity contribution >= 4 is 36.3 Å². The molecule has 0 radical (unpaired) electrons. The molecule has 28 heavy (non-hydrogen) atoms. The zero-order chi connectivity index (χ0) is 21.4. The van der Waals surface area contributed by atoms with E-state index in [0.717, 1.165) is 13.0 Å². The Labute approximate surface area is 171 Å². The first-order chi connectivity index (χ1) is 13.1. The van der Waals surface area contributed by atoms with E-state index in [1.165, 1.54) is 0 Å². The molecular weight excluding hydrogens is 384 g/mol. The van der Waals surface area contributed by atoms with Crippen LogP contribution in [-0.4, -0.2) is 65.3 Å². The maximum atomic E-state index is 12.6. The van der Waals surface area contributed by atoms with Crippen LogP contribution in [0.15, 0.2) is 0 Å². The summed E-state index contributed by atoms with van der Waals surface area (Å²) in [6.45, 7) is 7.61. The van der Waals surface area contributed by atoms with Gasteiger partial charge in [-0.2, -0.15) is 12.6 Å². The lowest BCUT2D eigenvalue weighted by Crippen LogP contribution is -2.59. The van der Waals surface area contributed by atoms with Crippen molar-refractivity contribution in [2.75, 3.05) is 12.3 Å². The molecule has 160 valence electrons. The van der Waals surface area contributed by atoms with Gasteiger partial charge in [0.05, 0.1) is 6.04 Å². The van der Waals surface area contributed by atoms with E-state index in [1.54, 1.807) is 27.7 Å². The van der Waals surface area contributed by atoms with Gasteiger partial charge in [-0.3, -0.25) is 14.4 Å². The van der Waals surface area contributed by atoms with Crippen molar-refractivity contribution < 1.29 is 24.3 Å². The van der Waals surface area contributed by atoms with Gasteiger partial charge in [-0.25, -0.2) is 4.79 Å². The fourth-order valence-corrected chi connectivity index (χ4v) is 3.18. The Balaban J connectivity index is 2.76. The molecule has 0 aromatic rings. The monoisotopic (exact) mass is 416 g/mol. The van der Waals surface area contributed by atoms with E-state index < -0.39 is 35.9 Å². The normalized spacial score (nSPS) is 19.8. The van der Waals surface area contributed by atoms with Gasteiger partial charge in [0.1, 0.15) is 18.1 Å². The van der Waals surface area contributed by atoms with E-state index in [4.69, 9.17) is 0 Å². The summed E-state index contributed by atoms with van der Waals surface area (Å²) in [6.07, 6.45) is 1.60. The predicted molar refractivity (Wildman–Crippen MR) is 108 cm³/mol. The molecule has 1 aliphatic rings. The van der Waals surface area contributed by atoms with E-state index in [-0.39, 0.29) is 29.5 Å². The Morgan fingerprint density at radius 2 is 1.57 bits per heavy atom. The van der Waals surface area contributed by atoms with Crippen LogP contribution >= 0.6 is 12.6 Å². The quantitative estimate of drug-likeness (QED) is 0.266. The lowest BCUT2D eigenvalue weighted by atomic mass is 10.00. The highest BCUT2D eigenvalue weighted by Gasteiger charge is 2.33. The summed E-state index contributed by atoms with van der Waals surface area (Å²) in [5.74, 6) is -3.05. The lowest BCUT2D eigenvalue weighted by molar-refractivity contribution is -0.143. The zero-order valence-corrected chi connectivity index (χ0v) is 17.7. The van der Waals surface area contributed by atoms with E-state index >= 15 is 0 Å². The Hall–Kier alpha value is -1.81. The highest BCUT2D eigenvalue weighted by Crippen LogP contribution is 2.08. The Kier molecular flexibility index (Phi) is 9.74. The average molecular weight is 417 g/mol. The predicted octanol–water partition coefficient (Wildman–Crippen LogP) is -0.481. The van der Waals surface area contributed by atoms with Crippen LogP contribution in [0.1, 0.15) is 40.5 Å². The maximum Gasteiger partial charge on any atom is 0.326 e. The minimum absolute atomic E-state index is 0.0699. The van der Waals surface area contributed by atoms with E-state index in [0.29, 0.717) is 6.42 Å². The van der Waals surface area contributed by atoms with Gasteiger partial charge in [0.15, 0.2) is 0 Å². The number of hydrogen-bond donors (Lipinski definition) is 6. The standard InChI is InChI=1S/C18H32N4O5S/c1-9(2)13(17(25)22-14(10(3)4)18(26)27)21-16(24)12(8-28)20-15(23)11-6-5-7-19-11/h9-14,19,28H,5-8H2,1-4H3,(H,20,23)(H,21,24)(H,22,25)(H,26,27). The van der Waals surface area contributed by atoms with Crippen molar-refractivity contribution in [3.05, 3.63) is 0 Å². The second kappa shape index (κ2) is 11.3. The number of carboxylic acids is 1. The number of carbonyl (C=O) groups excluding carboxylic acids is 3. The van der Waals surface area contributed by atoms with Crippen LogP contribution in [0.3, 0.4) is 0 Å². The van der Waals surface area contributed by atoms with Crippen molar-refractivity contribution in [2.45, 2.75) is 64.7 Å². The van der Waals surface area contributed by atoms with Crippen LogP contribution in [0.25, 0.3) is 0 Å². The molecule has 5 N–H and O–H groups in total. The lowest BCUT2D eigenvalue weighted by Gasteiger charge is -2.27. The van der Waals surface area contributed by atoms with Gasteiger partial charge in [-0.05, 0) is 31.2 Å². The molecule has 10 heteroatoms. The minimum Gasteiger partial charge on any atom is -0.480 e. The van der Waals surface area contributed by atoms with Gasteiger partial charge < -0.3 is 26.4 Å². The summed E-state index contributed by atoms with van der Waals surface area (Å²) >= 11 is 4.13. The first-order valence-electron chi connectivity index (χ1n) is 9.56. The van der Waals surface area contributed by atoms with Crippen molar-refractivity contribution in [3.8, 4) is 0 Å². The van der Waals surface area contributed by atoms with E-state index in [1.807, 2.05) is 0 Å². The SMILES string of the molecule is CC(C)C(NC(=O)C(NC(=O)C(CS)NC(=O)C1CCCN1)C(C)C)C(=O)O. The Morgan fingerprint density at radius 1 is 1.00 bits per heavy atom. The van der Waals surface area contributed by atoms with Gasteiger partial charge in [-0.1, -0.05) is 27.7 Å². The summed E-state index contributed by atoms with van der Waals surface area (Å²) in [5.41, 5.74) is 0. The summed E-state index contributed by atoms with van der Waals surface area (Å²) in [6, 6.07) is -3.22. The van der Waals surface area contributed by atoms with Crippen molar-refractivity contribution in [1.29, 1.82) is 0 Å². The molecule has 1 rings (SSSR count). The Bertz CT molecular complexity index is 578. The van der Waals surface area contributed by atoms with Crippen molar-refractivity contribution in [3.63, 3.8) is 0 Å². The summed E-state index contributed by atoms with van der Waals surface area (Å²) in [4.78, 5) is 48.7. The molecule has 0 bridgehead atoms. The molecule has 0 aliphatic carbocycles. The molecule has 4 unspecified atom stereocenters. The molecule has 0 aromatic heterocycles. The third-order valence-corrected chi connectivity index (χ3v) is 5.03. The molecule has 1 fully saturated rings. The maximum absolute atomic E-state index is 12.6. The zero-order valence-electron chi connectivity index (χ0n) is 16.8. The number of carbonyl (C=O) groups is 4. The molecule has 0 aromatic carbocycles. The molecular formula is C18H32N4O5S. The molecule has 1 heterocycles. The molecule has 4 atom stereocenters. The topological polar surface area (TPSA) is 137 Å². The molecule has 3 amide bonds. The number of rotatable bonds is 10. The van der Waals surface area contributed by atoms with Crippen LogP contribution in [0, 0.1) is 11.8 Å². The molecule has 1 aliphatic heterocycles. The molecule has 9 nitrogen and oxygen atoms in total.